The van der Waals surface area contributed by atoms with Gasteiger partial charge in [0.2, 0.25) is 0 Å². The third-order valence-corrected chi connectivity index (χ3v) is 4.65. The van der Waals surface area contributed by atoms with Crippen molar-refractivity contribution in [2.24, 2.45) is 7.05 Å². The smallest absolute Gasteiger partial charge is 0.254 e. The third kappa shape index (κ3) is 2.76. The zero-order valence-electron chi connectivity index (χ0n) is 13.6. The second-order valence-electron chi connectivity index (χ2n) is 6.33. The van der Waals surface area contributed by atoms with Gasteiger partial charge in [-0.25, -0.2) is 9.07 Å². The summed E-state index contributed by atoms with van der Waals surface area (Å²) in [7, 11) is 1.79. The molecule has 7 heteroatoms. The molecule has 1 aliphatic rings. The fraction of sp³-hybridized carbons (Fsp3) is 0.278. The van der Waals surface area contributed by atoms with Gasteiger partial charge in [0, 0.05) is 19.2 Å². The summed E-state index contributed by atoms with van der Waals surface area (Å²) in [5.41, 5.74) is 2.79. The van der Waals surface area contributed by atoms with Crippen molar-refractivity contribution in [2.45, 2.75) is 18.6 Å². The number of β-amino-alcohol motifs (C(OH)–C–C–N with tert-alkyl or cyclic N) is 1. The summed E-state index contributed by atoms with van der Waals surface area (Å²) in [6, 6.07) is 11.0. The molecular weight excluding hydrogens is 323 g/mol. The standard InChI is InChI=1S/C18H17FN4O2/c1-22-16-7-4-12(8-15(16)20-21-22)18(25)23-10-14(24)9-17(23)11-2-5-13(19)6-3-11/h2-8,14,17,24H,9-10H2,1H3/t14-,17-/m0/s1. The van der Waals surface area contributed by atoms with E-state index >= 15 is 0 Å². The fourth-order valence-corrected chi connectivity index (χ4v) is 3.38. The number of hydrogen-bond acceptors (Lipinski definition) is 4. The highest BCUT2D eigenvalue weighted by atomic mass is 19.1. The van der Waals surface area contributed by atoms with Gasteiger partial charge in [-0.05, 0) is 42.3 Å². The molecule has 128 valence electrons. The Hall–Kier alpha value is -2.80. The predicted molar refractivity (Wildman–Crippen MR) is 89.3 cm³/mol. The number of nitrogens with zero attached hydrogens (tertiary/aromatic N) is 4. The Labute approximate surface area is 143 Å². The van der Waals surface area contributed by atoms with Crippen LogP contribution in [0.5, 0.6) is 0 Å². The maximum absolute atomic E-state index is 13.2. The van der Waals surface area contributed by atoms with Gasteiger partial charge in [-0.3, -0.25) is 4.79 Å². The number of halogens is 1. The Morgan fingerprint density at radius 2 is 2.00 bits per heavy atom. The van der Waals surface area contributed by atoms with E-state index in [2.05, 4.69) is 10.3 Å². The number of rotatable bonds is 2. The number of aryl methyl sites for hydroxylation is 1. The lowest BCUT2D eigenvalue weighted by Gasteiger charge is -2.25. The van der Waals surface area contributed by atoms with Gasteiger partial charge in [0.05, 0.1) is 17.7 Å². The van der Waals surface area contributed by atoms with Crippen molar-refractivity contribution in [1.82, 2.24) is 19.9 Å². The van der Waals surface area contributed by atoms with Crippen LogP contribution in [0.15, 0.2) is 42.5 Å². The van der Waals surface area contributed by atoms with Crippen molar-refractivity contribution in [2.75, 3.05) is 6.54 Å². The van der Waals surface area contributed by atoms with Crippen LogP contribution in [-0.2, 0) is 7.05 Å². The van der Waals surface area contributed by atoms with Gasteiger partial charge in [-0.2, -0.15) is 0 Å². The predicted octanol–water partition coefficient (Wildman–Crippen LogP) is 2.06. The molecule has 25 heavy (non-hydrogen) atoms. The average Bonchev–Trinajstić information content (AvgIpc) is 3.18. The minimum absolute atomic E-state index is 0.182. The van der Waals surface area contributed by atoms with E-state index in [1.807, 2.05) is 6.07 Å². The molecule has 1 fully saturated rings. The van der Waals surface area contributed by atoms with E-state index in [0.29, 0.717) is 17.5 Å². The summed E-state index contributed by atoms with van der Waals surface area (Å²) in [6.07, 6.45) is -0.163. The van der Waals surface area contributed by atoms with Gasteiger partial charge < -0.3 is 10.0 Å². The van der Waals surface area contributed by atoms with Gasteiger partial charge in [-0.1, -0.05) is 17.3 Å². The minimum atomic E-state index is -0.598. The van der Waals surface area contributed by atoms with Gasteiger partial charge in [0.15, 0.2) is 0 Å². The minimum Gasteiger partial charge on any atom is -0.391 e. The van der Waals surface area contributed by atoms with Crippen LogP contribution in [0.3, 0.4) is 0 Å². The number of aliphatic hydroxyl groups is 1. The quantitative estimate of drug-likeness (QED) is 0.775. The van der Waals surface area contributed by atoms with E-state index in [-0.39, 0.29) is 24.3 Å². The average molecular weight is 340 g/mol. The first-order valence-corrected chi connectivity index (χ1v) is 8.07. The Kier molecular flexibility index (Phi) is 3.73. The summed E-state index contributed by atoms with van der Waals surface area (Å²) in [5.74, 6) is -0.508. The molecular formula is C18H17FN4O2. The van der Waals surface area contributed by atoms with Crippen LogP contribution in [-0.4, -0.2) is 43.6 Å². The number of aliphatic hydroxyl groups excluding tert-OH is 1. The number of benzene rings is 2. The molecule has 0 bridgehead atoms. The molecule has 1 amide bonds. The number of hydrogen-bond donors (Lipinski definition) is 1. The SMILES string of the molecule is Cn1nnc2cc(C(=O)N3C[C@@H](O)C[C@H]3c3ccc(F)cc3)ccc21. The Morgan fingerprint density at radius 3 is 2.76 bits per heavy atom. The molecule has 0 saturated carbocycles. The van der Waals surface area contributed by atoms with Gasteiger partial charge in [0.25, 0.3) is 5.91 Å². The van der Waals surface area contributed by atoms with Crippen molar-refractivity contribution < 1.29 is 14.3 Å². The number of likely N-dealkylation sites (tertiary alicyclic amines) is 1. The first-order chi connectivity index (χ1) is 12.0. The number of fused-ring (bicyclic) bond motifs is 1. The normalized spacial score (nSPS) is 20.4. The van der Waals surface area contributed by atoms with Crippen LogP contribution in [0.4, 0.5) is 4.39 Å². The van der Waals surface area contributed by atoms with Crippen LogP contribution in [0.1, 0.15) is 28.4 Å². The molecule has 0 spiro atoms. The monoisotopic (exact) mass is 340 g/mol. The van der Waals surface area contributed by atoms with Gasteiger partial charge in [-0.15, -0.1) is 5.10 Å². The molecule has 4 rings (SSSR count). The molecule has 3 aromatic rings. The van der Waals surface area contributed by atoms with Crippen LogP contribution in [0, 0.1) is 5.82 Å². The maximum Gasteiger partial charge on any atom is 0.254 e. The molecule has 2 atom stereocenters. The van der Waals surface area contributed by atoms with Crippen LogP contribution >= 0.6 is 0 Å². The van der Waals surface area contributed by atoms with E-state index in [9.17, 15) is 14.3 Å². The number of amides is 1. The van der Waals surface area contributed by atoms with Gasteiger partial charge >= 0.3 is 0 Å². The summed E-state index contributed by atoms with van der Waals surface area (Å²) < 4.78 is 14.8. The zero-order valence-corrected chi connectivity index (χ0v) is 13.6. The molecule has 1 aromatic heterocycles. The van der Waals surface area contributed by atoms with Crippen molar-refractivity contribution in [1.29, 1.82) is 0 Å². The Balaban J connectivity index is 1.67. The van der Waals surface area contributed by atoms with Crippen LogP contribution < -0.4 is 0 Å². The van der Waals surface area contributed by atoms with Crippen molar-refractivity contribution >= 4 is 16.9 Å². The van der Waals surface area contributed by atoms with Crippen molar-refractivity contribution in [3.05, 3.63) is 59.4 Å². The molecule has 1 N–H and O–H groups in total. The molecule has 2 aromatic carbocycles. The topological polar surface area (TPSA) is 71.2 Å². The highest BCUT2D eigenvalue weighted by Crippen LogP contribution is 2.33. The highest BCUT2D eigenvalue weighted by Gasteiger charge is 2.35. The molecule has 6 nitrogen and oxygen atoms in total. The fourth-order valence-electron chi connectivity index (χ4n) is 3.38. The van der Waals surface area contributed by atoms with Crippen molar-refractivity contribution in [3.63, 3.8) is 0 Å². The molecule has 2 heterocycles. The number of carbonyl (C=O) groups is 1. The molecule has 0 radical (unpaired) electrons. The Bertz CT molecular complexity index is 938. The molecule has 0 aliphatic carbocycles. The highest BCUT2D eigenvalue weighted by molar-refractivity contribution is 5.97. The summed E-state index contributed by atoms with van der Waals surface area (Å²) in [5, 5.41) is 18.0. The lowest BCUT2D eigenvalue weighted by atomic mass is 10.0. The van der Waals surface area contributed by atoms with Crippen LogP contribution in [0.2, 0.25) is 0 Å². The van der Waals surface area contributed by atoms with Gasteiger partial charge in [0.1, 0.15) is 11.3 Å². The van der Waals surface area contributed by atoms with E-state index in [1.54, 1.807) is 40.9 Å². The van der Waals surface area contributed by atoms with E-state index in [1.165, 1.54) is 12.1 Å². The lowest BCUT2D eigenvalue weighted by Crippen LogP contribution is -2.31. The molecule has 1 saturated heterocycles. The van der Waals surface area contributed by atoms with E-state index < -0.39 is 6.10 Å². The first-order valence-electron chi connectivity index (χ1n) is 8.07. The molecule has 1 aliphatic heterocycles. The maximum atomic E-state index is 13.2. The van der Waals surface area contributed by atoms with E-state index in [0.717, 1.165) is 11.1 Å². The molecule has 0 unspecified atom stereocenters. The first kappa shape index (κ1) is 15.7. The van der Waals surface area contributed by atoms with Crippen LogP contribution in [0.25, 0.3) is 11.0 Å². The summed E-state index contributed by atoms with van der Waals surface area (Å²) in [6.45, 7) is 0.249. The number of carbonyl (C=O) groups excluding carboxylic acids is 1. The third-order valence-electron chi connectivity index (χ3n) is 4.65. The second kappa shape index (κ2) is 5.93. The Morgan fingerprint density at radius 1 is 1.24 bits per heavy atom. The number of aromatic nitrogens is 3. The largest absolute Gasteiger partial charge is 0.391 e. The van der Waals surface area contributed by atoms with E-state index in [4.69, 9.17) is 0 Å². The van der Waals surface area contributed by atoms with Crippen molar-refractivity contribution in [3.8, 4) is 0 Å². The summed E-state index contributed by atoms with van der Waals surface area (Å²) >= 11 is 0. The second-order valence-corrected chi connectivity index (χ2v) is 6.33. The summed E-state index contributed by atoms with van der Waals surface area (Å²) in [4.78, 5) is 14.6. The zero-order chi connectivity index (χ0) is 17.6. The lowest BCUT2D eigenvalue weighted by molar-refractivity contribution is 0.0716.